The molecule has 2 heterocycles. The van der Waals surface area contributed by atoms with Gasteiger partial charge in [0.2, 0.25) is 0 Å². The van der Waals surface area contributed by atoms with E-state index in [4.69, 9.17) is 9.47 Å². The Morgan fingerprint density at radius 1 is 1.03 bits per heavy atom. The van der Waals surface area contributed by atoms with Crippen molar-refractivity contribution in [2.45, 2.75) is 12.5 Å². The first-order valence-corrected chi connectivity index (χ1v) is 12.3. The van der Waals surface area contributed by atoms with Gasteiger partial charge < -0.3 is 29.6 Å². The molecular weight excluding hydrogens is 490 g/mol. The second kappa shape index (κ2) is 10.3. The number of carbonyl (C=O) groups is 1. The first kappa shape index (κ1) is 25.5. The molecule has 1 atom stereocenters. The largest absolute Gasteiger partial charge is 0.494 e. The molecule has 1 saturated heterocycles. The van der Waals surface area contributed by atoms with E-state index in [1.165, 1.54) is 20.3 Å². The Morgan fingerprint density at radius 2 is 1.71 bits per heavy atom. The van der Waals surface area contributed by atoms with Crippen molar-refractivity contribution in [2.75, 3.05) is 51.6 Å². The number of rotatable bonds is 7. The van der Waals surface area contributed by atoms with Gasteiger partial charge in [-0.05, 0) is 56.4 Å². The van der Waals surface area contributed by atoms with Gasteiger partial charge in [-0.25, -0.2) is 8.78 Å². The number of methoxy groups -OCH3 is 2. The summed E-state index contributed by atoms with van der Waals surface area (Å²) in [5.41, 5.74) is 2.86. The van der Waals surface area contributed by atoms with Crippen LogP contribution in [0.4, 0.5) is 20.2 Å². The molecule has 3 aromatic carbocycles. The smallest absolute Gasteiger partial charge is 0.255 e. The molecule has 1 fully saturated rings. The van der Waals surface area contributed by atoms with Crippen LogP contribution in [0.1, 0.15) is 16.8 Å². The molecule has 1 unspecified atom stereocenters. The third kappa shape index (κ3) is 4.65. The number of amides is 1. The van der Waals surface area contributed by atoms with Gasteiger partial charge in [0.05, 0.1) is 25.5 Å². The highest BCUT2D eigenvalue weighted by Gasteiger charge is 2.25. The standard InChI is InChI=1S/C29H30F2N4O3/c1-34(2)20-11-12-35(16-20)19-8-5-17(6-9-19)29(36)33-23-15-32-22-13-18(7-10-21(22)23)26-27(30)24(37-3)14-25(38-4)28(26)31/h5-10,13-15,20,32H,11-12,16H2,1-4H3,(H,33,36). The summed E-state index contributed by atoms with van der Waals surface area (Å²) in [6.07, 6.45) is 2.77. The van der Waals surface area contributed by atoms with Crippen LogP contribution in [-0.4, -0.2) is 63.2 Å². The van der Waals surface area contributed by atoms with Crippen LogP contribution in [-0.2, 0) is 0 Å². The zero-order valence-corrected chi connectivity index (χ0v) is 21.8. The summed E-state index contributed by atoms with van der Waals surface area (Å²) in [7, 11) is 6.81. The number of ether oxygens (including phenoxy) is 2. The average molecular weight is 521 g/mol. The van der Waals surface area contributed by atoms with Crippen LogP contribution in [0.2, 0.25) is 0 Å². The highest BCUT2D eigenvalue weighted by atomic mass is 19.1. The van der Waals surface area contributed by atoms with Crippen LogP contribution < -0.4 is 19.7 Å². The normalized spacial score (nSPS) is 15.3. The van der Waals surface area contributed by atoms with Crippen LogP contribution >= 0.6 is 0 Å². The number of likely N-dealkylation sites (N-methyl/N-ethyl adjacent to an activating group) is 1. The minimum absolute atomic E-state index is 0.119. The van der Waals surface area contributed by atoms with Gasteiger partial charge in [0.15, 0.2) is 23.1 Å². The molecule has 9 heteroatoms. The highest BCUT2D eigenvalue weighted by Crippen LogP contribution is 2.39. The molecule has 4 aromatic rings. The predicted octanol–water partition coefficient (Wildman–Crippen LogP) is 5.52. The van der Waals surface area contributed by atoms with Gasteiger partial charge in [-0.15, -0.1) is 0 Å². The number of hydrogen-bond donors (Lipinski definition) is 2. The molecule has 1 aliphatic rings. The van der Waals surface area contributed by atoms with Crippen molar-refractivity contribution < 1.29 is 23.0 Å². The van der Waals surface area contributed by atoms with Crippen LogP contribution in [0, 0.1) is 11.6 Å². The third-order valence-electron chi connectivity index (χ3n) is 7.18. The molecule has 0 bridgehead atoms. The monoisotopic (exact) mass is 520 g/mol. The summed E-state index contributed by atoms with van der Waals surface area (Å²) in [6.45, 7) is 1.95. The maximum absolute atomic E-state index is 15.0. The number of nitrogens with one attached hydrogen (secondary N) is 2. The topological polar surface area (TPSA) is 69.8 Å². The van der Waals surface area contributed by atoms with Crippen LogP contribution in [0.3, 0.4) is 0 Å². The number of halogens is 2. The number of anilines is 2. The zero-order valence-electron chi connectivity index (χ0n) is 21.8. The van der Waals surface area contributed by atoms with Gasteiger partial charge in [0.1, 0.15) is 0 Å². The molecule has 1 amide bonds. The van der Waals surface area contributed by atoms with E-state index in [1.54, 1.807) is 24.4 Å². The minimum Gasteiger partial charge on any atom is -0.494 e. The number of carbonyl (C=O) groups excluding carboxylic acids is 1. The number of fused-ring (bicyclic) bond motifs is 1. The number of benzene rings is 3. The molecule has 7 nitrogen and oxygen atoms in total. The molecule has 0 saturated carbocycles. The molecule has 2 N–H and O–H groups in total. The Kier molecular flexibility index (Phi) is 6.94. The summed E-state index contributed by atoms with van der Waals surface area (Å²) >= 11 is 0. The summed E-state index contributed by atoms with van der Waals surface area (Å²) in [4.78, 5) is 20.6. The van der Waals surface area contributed by atoms with E-state index < -0.39 is 11.6 Å². The van der Waals surface area contributed by atoms with Crippen molar-refractivity contribution in [3.05, 3.63) is 71.9 Å². The van der Waals surface area contributed by atoms with Crippen molar-refractivity contribution in [3.8, 4) is 22.6 Å². The van der Waals surface area contributed by atoms with E-state index in [-0.39, 0.29) is 23.0 Å². The van der Waals surface area contributed by atoms with Crippen LogP contribution in [0.5, 0.6) is 11.5 Å². The van der Waals surface area contributed by atoms with Gasteiger partial charge >= 0.3 is 0 Å². The molecule has 0 radical (unpaired) electrons. The quantitative estimate of drug-likeness (QED) is 0.336. The van der Waals surface area contributed by atoms with Crippen LogP contribution in [0.25, 0.3) is 22.0 Å². The maximum atomic E-state index is 15.0. The molecule has 5 rings (SSSR count). The molecule has 1 aliphatic heterocycles. The lowest BCUT2D eigenvalue weighted by atomic mass is 10.0. The fourth-order valence-corrected chi connectivity index (χ4v) is 4.94. The van der Waals surface area contributed by atoms with E-state index in [2.05, 4.69) is 34.2 Å². The number of aromatic amines is 1. The lowest BCUT2D eigenvalue weighted by molar-refractivity contribution is 0.102. The molecular formula is C29H30F2N4O3. The van der Waals surface area contributed by atoms with E-state index in [0.717, 1.165) is 25.2 Å². The average Bonchev–Trinajstić information content (AvgIpc) is 3.57. The van der Waals surface area contributed by atoms with Crippen molar-refractivity contribution in [3.63, 3.8) is 0 Å². The van der Waals surface area contributed by atoms with Gasteiger partial charge in [0.25, 0.3) is 5.91 Å². The zero-order chi connectivity index (χ0) is 27.0. The number of aromatic nitrogens is 1. The van der Waals surface area contributed by atoms with Crippen molar-refractivity contribution in [1.82, 2.24) is 9.88 Å². The number of hydrogen-bond acceptors (Lipinski definition) is 5. The fourth-order valence-electron chi connectivity index (χ4n) is 4.94. The van der Waals surface area contributed by atoms with E-state index in [0.29, 0.717) is 33.8 Å². The molecule has 0 aliphatic carbocycles. The Hall–Kier alpha value is -4.11. The van der Waals surface area contributed by atoms with Gasteiger partial charge in [-0.2, -0.15) is 0 Å². The Morgan fingerprint density at radius 3 is 2.32 bits per heavy atom. The lowest BCUT2D eigenvalue weighted by Gasteiger charge is -2.22. The third-order valence-corrected chi connectivity index (χ3v) is 7.18. The molecule has 38 heavy (non-hydrogen) atoms. The Labute approximate surface area is 220 Å². The lowest BCUT2D eigenvalue weighted by Crippen LogP contribution is -2.31. The Bertz CT molecular complexity index is 1460. The van der Waals surface area contributed by atoms with Gasteiger partial charge in [-0.1, -0.05) is 12.1 Å². The minimum atomic E-state index is -0.820. The second-order valence-electron chi connectivity index (χ2n) is 9.60. The fraction of sp³-hybridized carbons (Fsp3) is 0.276. The molecule has 1 aromatic heterocycles. The van der Waals surface area contributed by atoms with Crippen molar-refractivity contribution in [2.24, 2.45) is 0 Å². The summed E-state index contributed by atoms with van der Waals surface area (Å²) < 4.78 is 40.1. The summed E-state index contributed by atoms with van der Waals surface area (Å²) in [5.74, 6) is -2.12. The second-order valence-corrected chi connectivity index (χ2v) is 9.60. The maximum Gasteiger partial charge on any atom is 0.255 e. The highest BCUT2D eigenvalue weighted by molar-refractivity contribution is 6.09. The summed E-state index contributed by atoms with van der Waals surface area (Å²) in [6, 6.07) is 14.2. The van der Waals surface area contributed by atoms with Gasteiger partial charge in [0, 0.05) is 53.5 Å². The first-order chi connectivity index (χ1) is 18.3. The van der Waals surface area contributed by atoms with Crippen molar-refractivity contribution >= 4 is 28.2 Å². The Balaban J connectivity index is 1.36. The summed E-state index contributed by atoms with van der Waals surface area (Å²) in [5, 5.41) is 3.64. The predicted molar refractivity (Wildman–Crippen MR) is 145 cm³/mol. The molecule has 198 valence electrons. The van der Waals surface area contributed by atoms with Gasteiger partial charge in [-0.3, -0.25) is 4.79 Å². The van der Waals surface area contributed by atoms with E-state index in [1.807, 2.05) is 24.3 Å². The number of nitrogens with zero attached hydrogens (tertiary/aromatic N) is 2. The first-order valence-electron chi connectivity index (χ1n) is 12.3. The van der Waals surface area contributed by atoms with Crippen LogP contribution in [0.15, 0.2) is 54.7 Å². The van der Waals surface area contributed by atoms with Crippen molar-refractivity contribution in [1.29, 1.82) is 0 Å². The SMILES string of the molecule is COc1cc(OC)c(F)c(-c2ccc3c(NC(=O)c4ccc(N5CCC(N(C)C)C5)cc4)c[nH]c3c2)c1F. The van der Waals surface area contributed by atoms with E-state index in [9.17, 15) is 13.6 Å². The molecule has 0 spiro atoms. The van der Waals surface area contributed by atoms with E-state index >= 15 is 0 Å². The number of H-pyrrole nitrogens is 1.